The van der Waals surface area contributed by atoms with Crippen molar-refractivity contribution in [1.82, 2.24) is 15.2 Å². The molecule has 1 aromatic heterocycles. The van der Waals surface area contributed by atoms with Gasteiger partial charge in [0.25, 0.3) is 5.91 Å². The number of para-hydroxylation sites is 1. The van der Waals surface area contributed by atoms with E-state index in [2.05, 4.69) is 10.3 Å². The third-order valence-corrected chi connectivity index (χ3v) is 5.19. The van der Waals surface area contributed by atoms with Crippen molar-refractivity contribution in [2.75, 3.05) is 20.2 Å². The summed E-state index contributed by atoms with van der Waals surface area (Å²) >= 11 is 0. The number of carbonyl (C=O) groups excluding carboxylic acids is 2. The summed E-state index contributed by atoms with van der Waals surface area (Å²) in [5.41, 5.74) is 1.36. The number of aromatic amines is 1. The molecule has 134 valence electrons. The Kier molecular flexibility index (Phi) is 5.38. The van der Waals surface area contributed by atoms with Crippen LogP contribution >= 0.6 is 0 Å². The number of nitrogens with zero attached hydrogens (tertiary/aromatic N) is 1. The predicted octanol–water partition coefficient (Wildman–Crippen LogP) is 1.91. The Bertz CT molecular complexity index is 714. The number of H-pyrrole nitrogens is 1. The maximum Gasteiger partial charge on any atom is 0.268 e. The molecule has 0 bridgehead atoms. The number of nitrogens with one attached hydrogen (secondary N) is 2. The lowest BCUT2D eigenvalue weighted by atomic mass is 9.86. The molecule has 0 atom stereocenters. The number of carbonyl (C=O) groups is 2. The first-order valence-corrected chi connectivity index (χ1v) is 8.81. The number of aromatic nitrogens is 1. The zero-order valence-electron chi connectivity index (χ0n) is 14.5. The van der Waals surface area contributed by atoms with Crippen molar-refractivity contribution in [3.63, 3.8) is 0 Å². The Balaban J connectivity index is 1.52. The zero-order chi connectivity index (χ0) is 17.8. The highest BCUT2D eigenvalue weighted by molar-refractivity contribution is 5.99. The minimum atomic E-state index is -0.276. The van der Waals surface area contributed by atoms with E-state index in [9.17, 15) is 14.7 Å². The van der Waals surface area contributed by atoms with E-state index < -0.39 is 0 Å². The first-order chi connectivity index (χ1) is 12.1. The van der Waals surface area contributed by atoms with Gasteiger partial charge in [0.2, 0.25) is 5.91 Å². The van der Waals surface area contributed by atoms with Crippen LogP contribution in [-0.4, -0.2) is 53.0 Å². The summed E-state index contributed by atoms with van der Waals surface area (Å²) < 4.78 is 0. The van der Waals surface area contributed by atoms with Crippen LogP contribution < -0.4 is 5.32 Å². The van der Waals surface area contributed by atoms with Gasteiger partial charge in [-0.25, -0.2) is 0 Å². The molecule has 3 rings (SSSR count). The molecule has 0 saturated heterocycles. The van der Waals surface area contributed by atoms with Crippen LogP contribution in [0.4, 0.5) is 0 Å². The normalized spacial score (nSPS) is 20.4. The Morgan fingerprint density at radius 1 is 1.24 bits per heavy atom. The van der Waals surface area contributed by atoms with Gasteiger partial charge in [0, 0.05) is 30.6 Å². The zero-order valence-corrected chi connectivity index (χ0v) is 14.5. The quantitative estimate of drug-likeness (QED) is 0.775. The highest BCUT2D eigenvalue weighted by Gasteiger charge is 2.26. The number of fused-ring (bicyclic) bond motifs is 1. The number of likely N-dealkylation sites (N-methyl/N-ethyl adjacent to an activating group) is 1. The molecule has 1 saturated carbocycles. The average molecular weight is 343 g/mol. The van der Waals surface area contributed by atoms with E-state index in [1.54, 1.807) is 18.0 Å². The van der Waals surface area contributed by atoms with Gasteiger partial charge in [-0.1, -0.05) is 18.2 Å². The molecular formula is C19H25N3O3. The maximum atomic E-state index is 12.4. The highest BCUT2D eigenvalue weighted by Crippen LogP contribution is 2.26. The Morgan fingerprint density at radius 2 is 1.96 bits per heavy atom. The van der Waals surface area contributed by atoms with Crippen LogP contribution in [-0.2, 0) is 4.79 Å². The molecule has 3 N–H and O–H groups in total. The largest absolute Gasteiger partial charge is 0.396 e. The SMILES string of the molecule is CN(C(=O)CNC(=O)c1cc2ccccc2[nH]1)C1CCC(CO)CC1. The van der Waals surface area contributed by atoms with Gasteiger partial charge >= 0.3 is 0 Å². The number of amides is 2. The lowest BCUT2D eigenvalue weighted by molar-refractivity contribution is -0.131. The molecule has 0 aliphatic heterocycles. The second kappa shape index (κ2) is 7.70. The molecule has 6 nitrogen and oxygen atoms in total. The summed E-state index contributed by atoms with van der Waals surface area (Å²) in [5.74, 6) is 0.000290. The lowest BCUT2D eigenvalue weighted by Crippen LogP contribution is -2.44. The maximum absolute atomic E-state index is 12.4. The number of hydrogen-bond acceptors (Lipinski definition) is 3. The van der Waals surface area contributed by atoms with Crippen molar-refractivity contribution >= 4 is 22.7 Å². The standard InChI is InChI=1S/C19H25N3O3/c1-22(15-8-6-13(12-23)7-9-15)18(24)11-20-19(25)17-10-14-4-2-3-5-16(14)21-17/h2-5,10,13,15,21,23H,6-9,11-12H2,1H3,(H,20,25). The number of rotatable bonds is 5. The fourth-order valence-corrected chi connectivity index (χ4v) is 3.49. The van der Waals surface area contributed by atoms with Gasteiger partial charge < -0.3 is 20.3 Å². The lowest BCUT2D eigenvalue weighted by Gasteiger charge is -2.34. The summed E-state index contributed by atoms with van der Waals surface area (Å²) in [7, 11) is 1.79. The molecular weight excluding hydrogens is 318 g/mol. The van der Waals surface area contributed by atoms with Crippen LogP contribution in [0.3, 0.4) is 0 Å². The van der Waals surface area contributed by atoms with Crippen molar-refractivity contribution < 1.29 is 14.7 Å². The second-order valence-electron chi connectivity index (χ2n) is 6.81. The minimum absolute atomic E-state index is 0.00930. The summed E-state index contributed by atoms with van der Waals surface area (Å²) in [6, 6.07) is 9.65. The molecule has 0 radical (unpaired) electrons. The third-order valence-electron chi connectivity index (χ3n) is 5.19. The molecule has 2 amide bonds. The Morgan fingerprint density at radius 3 is 2.64 bits per heavy atom. The van der Waals surface area contributed by atoms with Crippen LogP contribution in [0.5, 0.6) is 0 Å². The monoisotopic (exact) mass is 343 g/mol. The van der Waals surface area contributed by atoms with Crippen molar-refractivity contribution in [1.29, 1.82) is 0 Å². The van der Waals surface area contributed by atoms with Crippen LogP contribution in [0.2, 0.25) is 0 Å². The van der Waals surface area contributed by atoms with Crippen molar-refractivity contribution in [3.05, 3.63) is 36.0 Å². The molecule has 0 spiro atoms. The van der Waals surface area contributed by atoms with E-state index in [4.69, 9.17) is 0 Å². The Labute approximate surface area is 147 Å². The van der Waals surface area contributed by atoms with E-state index >= 15 is 0 Å². The van der Waals surface area contributed by atoms with E-state index in [1.165, 1.54) is 0 Å². The topological polar surface area (TPSA) is 85.4 Å². The average Bonchev–Trinajstić information content (AvgIpc) is 3.09. The third kappa shape index (κ3) is 4.02. The Hall–Kier alpha value is -2.34. The predicted molar refractivity (Wildman–Crippen MR) is 96.2 cm³/mol. The van der Waals surface area contributed by atoms with Crippen LogP contribution in [0.25, 0.3) is 10.9 Å². The van der Waals surface area contributed by atoms with E-state index in [1.807, 2.05) is 24.3 Å². The van der Waals surface area contributed by atoms with Crippen molar-refractivity contribution in [3.8, 4) is 0 Å². The van der Waals surface area contributed by atoms with E-state index in [0.29, 0.717) is 11.6 Å². The van der Waals surface area contributed by atoms with Gasteiger partial charge in [-0.2, -0.15) is 0 Å². The van der Waals surface area contributed by atoms with Gasteiger partial charge in [0.15, 0.2) is 0 Å². The van der Waals surface area contributed by atoms with Gasteiger partial charge in [-0.3, -0.25) is 9.59 Å². The van der Waals surface area contributed by atoms with Gasteiger partial charge in [-0.15, -0.1) is 0 Å². The number of aliphatic hydroxyl groups excluding tert-OH is 1. The molecule has 2 aromatic rings. The molecule has 1 fully saturated rings. The summed E-state index contributed by atoms with van der Waals surface area (Å²) in [4.78, 5) is 29.4. The van der Waals surface area contributed by atoms with E-state index in [-0.39, 0.29) is 31.0 Å². The van der Waals surface area contributed by atoms with Gasteiger partial charge in [-0.05, 0) is 43.7 Å². The fraction of sp³-hybridized carbons (Fsp3) is 0.474. The van der Waals surface area contributed by atoms with E-state index in [0.717, 1.165) is 36.6 Å². The summed E-state index contributed by atoms with van der Waals surface area (Å²) in [6.07, 6.45) is 3.70. The van der Waals surface area contributed by atoms with Crippen molar-refractivity contribution in [2.24, 2.45) is 5.92 Å². The molecule has 25 heavy (non-hydrogen) atoms. The number of benzene rings is 1. The molecule has 1 aliphatic rings. The van der Waals surface area contributed by atoms with Gasteiger partial charge in [0.05, 0.1) is 6.54 Å². The summed E-state index contributed by atoms with van der Waals surface area (Å²) in [6.45, 7) is 0.218. The summed E-state index contributed by atoms with van der Waals surface area (Å²) in [5, 5.41) is 12.9. The van der Waals surface area contributed by atoms with Crippen molar-refractivity contribution in [2.45, 2.75) is 31.7 Å². The molecule has 6 heteroatoms. The fourth-order valence-electron chi connectivity index (χ4n) is 3.49. The highest BCUT2D eigenvalue weighted by atomic mass is 16.3. The smallest absolute Gasteiger partial charge is 0.268 e. The molecule has 0 unspecified atom stereocenters. The van der Waals surface area contributed by atoms with Gasteiger partial charge in [0.1, 0.15) is 5.69 Å². The number of aliphatic hydroxyl groups is 1. The molecule has 1 aromatic carbocycles. The minimum Gasteiger partial charge on any atom is -0.396 e. The second-order valence-corrected chi connectivity index (χ2v) is 6.81. The first kappa shape index (κ1) is 17.5. The number of hydrogen-bond donors (Lipinski definition) is 3. The van der Waals surface area contributed by atoms with Crippen LogP contribution in [0.15, 0.2) is 30.3 Å². The molecule has 1 heterocycles. The molecule has 1 aliphatic carbocycles. The first-order valence-electron chi connectivity index (χ1n) is 8.81. The van der Waals surface area contributed by atoms with Crippen LogP contribution in [0.1, 0.15) is 36.2 Å². The van der Waals surface area contributed by atoms with Crippen LogP contribution in [0, 0.1) is 5.92 Å².